The van der Waals surface area contributed by atoms with Crippen molar-refractivity contribution in [1.29, 1.82) is 5.26 Å². The molecule has 4 N–H and O–H groups in total. The minimum Gasteiger partial charge on any atom is -0.475 e. The van der Waals surface area contributed by atoms with Crippen molar-refractivity contribution in [2.45, 2.75) is 10.8 Å². The Bertz CT molecular complexity index is 1460. The molecule has 4 rings (SSSR count). The Morgan fingerprint density at radius 1 is 1.28 bits per heavy atom. The summed E-state index contributed by atoms with van der Waals surface area (Å²) in [5, 5.41) is 24.5. The summed E-state index contributed by atoms with van der Waals surface area (Å²) in [5.41, 5.74) is 8.22. The van der Waals surface area contributed by atoms with E-state index in [2.05, 4.69) is 31.2 Å². The molecule has 0 radical (unpaired) electrons. The first kappa shape index (κ1) is 24.9. The van der Waals surface area contributed by atoms with E-state index in [1.54, 1.807) is 30.3 Å². The number of benzene rings is 1. The van der Waals surface area contributed by atoms with Crippen LogP contribution >= 0.6 is 23.1 Å². The monoisotopic (exact) mass is 519 g/mol. The van der Waals surface area contributed by atoms with Crippen molar-refractivity contribution in [2.75, 3.05) is 24.3 Å². The first-order valence-corrected chi connectivity index (χ1v) is 12.3. The molecule has 0 amide bonds. The van der Waals surface area contributed by atoms with Gasteiger partial charge in [0.2, 0.25) is 11.6 Å². The van der Waals surface area contributed by atoms with Gasteiger partial charge in [0.1, 0.15) is 29.3 Å². The second-order valence-electron chi connectivity index (χ2n) is 7.12. The summed E-state index contributed by atoms with van der Waals surface area (Å²) in [7, 11) is 0. The zero-order chi connectivity index (χ0) is 25.5. The highest BCUT2D eigenvalue weighted by Gasteiger charge is 2.21. The lowest BCUT2D eigenvalue weighted by Gasteiger charge is -2.13. The van der Waals surface area contributed by atoms with Crippen LogP contribution in [0.2, 0.25) is 0 Å². The smallest absolute Gasteiger partial charge is 0.237 e. The van der Waals surface area contributed by atoms with E-state index in [-0.39, 0.29) is 36.1 Å². The summed E-state index contributed by atoms with van der Waals surface area (Å²) in [6.45, 7) is 7.52. The number of hydrogen-bond donors (Lipinski definition) is 3. The van der Waals surface area contributed by atoms with E-state index >= 15 is 0 Å². The van der Waals surface area contributed by atoms with Crippen LogP contribution < -0.4 is 15.8 Å². The zero-order valence-corrected chi connectivity index (χ0v) is 20.2. The minimum atomic E-state index is -0.378. The van der Waals surface area contributed by atoms with Crippen LogP contribution in [-0.2, 0) is 5.75 Å². The lowest BCUT2D eigenvalue weighted by Crippen LogP contribution is -2.03. The Labute approximate surface area is 214 Å². The molecule has 180 valence electrons. The lowest BCUT2D eigenvalue weighted by molar-refractivity contribution is 0.196. The van der Waals surface area contributed by atoms with Gasteiger partial charge in [-0.3, -0.25) is 0 Å². The van der Waals surface area contributed by atoms with Gasteiger partial charge in [-0.1, -0.05) is 23.9 Å². The third-order valence-electron chi connectivity index (χ3n) is 4.78. The number of nitrogens with two attached hydrogens (primary N) is 1. The van der Waals surface area contributed by atoms with Gasteiger partial charge in [0, 0.05) is 29.0 Å². The van der Waals surface area contributed by atoms with Crippen molar-refractivity contribution in [2.24, 2.45) is 0 Å². The number of nitrogens with one attached hydrogen (secondary N) is 1. The molecule has 0 saturated carbocycles. The topological polar surface area (TPSA) is 134 Å². The van der Waals surface area contributed by atoms with Gasteiger partial charge in [-0.15, -0.1) is 11.3 Å². The second-order valence-corrected chi connectivity index (χ2v) is 8.94. The highest BCUT2D eigenvalue weighted by molar-refractivity contribution is 7.98. The molecule has 3 heterocycles. The molecule has 0 unspecified atom stereocenters. The van der Waals surface area contributed by atoms with Crippen LogP contribution in [0.25, 0.3) is 16.0 Å². The van der Waals surface area contributed by atoms with Crippen molar-refractivity contribution in [3.05, 3.63) is 76.5 Å². The molecule has 12 heteroatoms. The number of aromatic nitrogens is 3. The molecule has 0 aliphatic heterocycles. The molecule has 3 aromatic heterocycles. The largest absolute Gasteiger partial charge is 0.475 e. The van der Waals surface area contributed by atoms with Crippen LogP contribution in [0.15, 0.2) is 53.0 Å². The van der Waals surface area contributed by atoms with Gasteiger partial charge in [0.15, 0.2) is 5.13 Å². The molecule has 4 aromatic rings. The van der Waals surface area contributed by atoms with Crippen molar-refractivity contribution in [3.63, 3.8) is 0 Å². The number of hydrogen-bond acceptors (Lipinski definition) is 10. The minimum absolute atomic E-state index is 0.00212. The van der Waals surface area contributed by atoms with Gasteiger partial charge >= 0.3 is 0 Å². The summed E-state index contributed by atoms with van der Waals surface area (Å²) in [5.74, 6) is 0.300. The fourth-order valence-electron chi connectivity index (χ4n) is 3.19. The van der Waals surface area contributed by atoms with Gasteiger partial charge in [-0.25, -0.2) is 24.2 Å². The molecule has 0 aliphatic rings. The Morgan fingerprint density at radius 2 is 2.11 bits per heavy atom. The molecule has 9 nitrogen and oxygen atoms in total. The first-order valence-electron chi connectivity index (χ1n) is 10.4. The number of nitrogen functional groups attached to an aromatic ring is 1. The van der Waals surface area contributed by atoms with Gasteiger partial charge in [-0.2, -0.15) is 5.26 Å². The number of rotatable bonds is 9. The maximum absolute atomic E-state index is 13.9. The quantitative estimate of drug-likeness (QED) is 0.203. The zero-order valence-electron chi connectivity index (χ0n) is 18.6. The molecule has 0 spiro atoms. The SMILES string of the molecule is [C-]#[N+]c1c(N)nc(SCc2csc(Nc3ccccc3F)n2)c(C#N)c1-c1ccc(OCCO)nc1. The third-order valence-corrected chi connectivity index (χ3v) is 6.59. The number of pyridine rings is 2. The third kappa shape index (κ3) is 5.53. The summed E-state index contributed by atoms with van der Waals surface area (Å²) >= 11 is 2.58. The maximum atomic E-state index is 13.9. The average molecular weight is 520 g/mol. The van der Waals surface area contributed by atoms with E-state index in [1.165, 1.54) is 35.4 Å². The molecule has 0 bridgehead atoms. The van der Waals surface area contributed by atoms with E-state index in [4.69, 9.17) is 22.1 Å². The number of para-hydroxylation sites is 1. The number of halogens is 1. The molecule has 0 atom stereocenters. The Morgan fingerprint density at radius 3 is 2.81 bits per heavy atom. The normalized spacial score (nSPS) is 10.4. The van der Waals surface area contributed by atoms with Crippen LogP contribution in [0.1, 0.15) is 11.3 Å². The number of thiazole rings is 1. The predicted molar refractivity (Wildman–Crippen MR) is 137 cm³/mol. The van der Waals surface area contributed by atoms with E-state index in [0.29, 0.717) is 44.3 Å². The summed E-state index contributed by atoms with van der Waals surface area (Å²) in [6, 6.07) is 11.7. The van der Waals surface area contributed by atoms with Crippen molar-refractivity contribution in [1.82, 2.24) is 15.0 Å². The second kappa shape index (κ2) is 11.5. The summed E-state index contributed by atoms with van der Waals surface area (Å²) < 4.78 is 19.2. The standard InChI is InChI=1S/C24H18FN7O2S2/c1-28-21-20(14-6-7-19(29-11-14)34-9-8-33)16(10-26)23(32-22(21)27)35-12-15-13-36-24(30-15)31-18-5-3-2-4-17(18)25/h2-7,11,13,33H,8-9,12H2,(H2,27,32)(H,30,31). The maximum Gasteiger partial charge on any atom is 0.237 e. The number of anilines is 3. The van der Waals surface area contributed by atoms with Gasteiger partial charge in [0.05, 0.1) is 30.1 Å². The van der Waals surface area contributed by atoms with Crippen LogP contribution in [0.5, 0.6) is 5.88 Å². The molecule has 0 aliphatic carbocycles. The van der Waals surface area contributed by atoms with E-state index < -0.39 is 0 Å². The number of ether oxygens (including phenoxy) is 1. The van der Waals surface area contributed by atoms with Crippen LogP contribution in [-0.4, -0.2) is 33.3 Å². The van der Waals surface area contributed by atoms with Crippen LogP contribution in [0, 0.1) is 23.7 Å². The van der Waals surface area contributed by atoms with E-state index in [9.17, 15) is 9.65 Å². The summed E-state index contributed by atoms with van der Waals surface area (Å²) in [4.78, 5) is 16.5. The number of nitriles is 1. The van der Waals surface area contributed by atoms with E-state index in [0.717, 1.165) is 0 Å². The molecule has 0 fully saturated rings. The highest BCUT2D eigenvalue weighted by Crippen LogP contribution is 2.41. The number of aliphatic hydroxyl groups excluding tert-OH is 1. The van der Waals surface area contributed by atoms with Crippen molar-refractivity contribution < 1.29 is 14.2 Å². The molecule has 1 aromatic carbocycles. The molecule has 0 saturated heterocycles. The van der Waals surface area contributed by atoms with Gasteiger partial charge in [-0.05, 0) is 23.8 Å². The predicted octanol–water partition coefficient (Wildman–Crippen LogP) is 5.15. The van der Waals surface area contributed by atoms with Crippen LogP contribution in [0.3, 0.4) is 0 Å². The first-order chi connectivity index (χ1) is 17.5. The number of aliphatic hydroxyl groups is 1. The van der Waals surface area contributed by atoms with Gasteiger partial charge in [0.25, 0.3) is 0 Å². The van der Waals surface area contributed by atoms with E-state index in [1.807, 2.05) is 5.38 Å². The number of nitrogens with zero attached hydrogens (tertiary/aromatic N) is 5. The average Bonchev–Trinajstić information content (AvgIpc) is 3.34. The van der Waals surface area contributed by atoms with Crippen LogP contribution in [0.4, 0.5) is 26.7 Å². The fraction of sp³-hybridized carbons (Fsp3) is 0.125. The Hall–Kier alpha value is -4.23. The molecule has 36 heavy (non-hydrogen) atoms. The van der Waals surface area contributed by atoms with Crippen molar-refractivity contribution in [3.8, 4) is 23.1 Å². The fourth-order valence-corrected chi connectivity index (χ4v) is 4.90. The molecular formula is C24H18FN7O2S2. The summed E-state index contributed by atoms with van der Waals surface area (Å²) in [6.07, 6.45) is 1.48. The lowest BCUT2D eigenvalue weighted by atomic mass is 10.0. The van der Waals surface area contributed by atoms with Crippen molar-refractivity contribution >= 4 is 45.4 Å². The number of thioether (sulfide) groups is 1. The Balaban J connectivity index is 1.59. The van der Waals surface area contributed by atoms with Gasteiger partial charge < -0.3 is 20.9 Å². The molecular weight excluding hydrogens is 501 g/mol. The highest BCUT2D eigenvalue weighted by atomic mass is 32.2. The Kier molecular flexibility index (Phi) is 7.92.